The molecular formula is C11H12O3. The van der Waals surface area contributed by atoms with Gasteiger partial charge in [0.1, 0.15) is 12.0 Å². The average molecular weight is 192 g/mol. The molecule has 0 fully saturated rings. The van der Waals surface area contributed by atoms with E-state index in [4.69, 9.17) is 9.15 Å². The van der Waals surface area contributed by atoms with Gasteiger partial charge in [0.05, 0.1) is 12.2 Å². The van der Waals surface area contributed by atoms with Gasteiger partial charge in [0.15, 0.2) is 5.76 Å². The number of hydrogen-bond donors (Lipinski definition) is 0. The lowest BCUT2D eigenvalue weighted by atomic mass is 10.1. The molecule has 0 saturated carbocycles. The number of furan rings is 1. The summed E-state index contributed by atoms with van der Waals surface area (Å²) < 4.78 is 10.3. The summed E-state index contributed by atoms with van der Waals surface area (Å²) in [7, 11) is 0. The summed E-state index contributed by atoms with van der Waals surface area (Å²) >= 11 is 0. The first-order chi connectivity index (χ1) is 6.77. The summed E-state index contributed by atoms with van der Waals surface area (Å²) in [6, 6.07) is 1.72. The lowest BCUT2D eigenvalue weighted by Gasteiger charge is -2.12. The van der Waals surface area contributed by atoms with Crippen molar-refractivity contribution in [2.45, 2.75) is 19.8 Å². The smallest absolute Gasteiger partial charge is 0.230 e. The third-order valence-electron chi connectivity index (χ3n) is 2.15. The molecule has 14 heavy (non-hydrogen) atoms. The molecule has 3 heteroatoms. The van der Waals surface area contributed by atoms with Crippen molar-refractivity contribution in [3.63, 3.8) is 0 Å². The molecule has 0 saturated heterocycles. The summed E-state index contributed by atoms with van der Waals surface area (Å²) in [5, 5.41) is 0. The van der Waals surface area contributed by atoms with Gasteiger partial charge in [-0.25, -0.2) is 0 Å². The van der Waals surface area contributed by atoms with E-state index in [1.54, 1.807) is 6.07 Å². The van der Waals surface area contributed by atoms with Crippen LogP contribution < -0.4 is 0 Å². The minimum Gasteiger partial charge on any atom is -0.490 e. The van der Waals surface area contributed by atoms with E-state index in [2.05, 4.69) is 0 Å². The Balaban J connectivity index is 2.19. The van der Waals surface area contributed by atoms with Crippen molar-refractivity contribution in [2.75, 3.05) is 6.61 Å². The van der Waals surface area contributed by atoms with Crippen LogP contribution in [0.15, 0.2) is 28.6 Å². The SMILES string of the molecule is Cc1cc(C(=O)C2=CCCCO2)co1. The molecule has 74 valence electrons. The quantitative estimate of drug-likeness (QED) is 0.676. The van der Waals surface area contributed by atoms with E-state index in [0.717, 1.165) is 18.6 Å². The summed E-state index contributed by atoms with van der Waals surface area (Å²) in [6.07, 6.45) is 5.21. The summed E-state index contributed by atoms with van der Waals surface area (Å²) in [4.78, 5) is 11.8. The van der Waals surface area contributed by atoms with Gasteiger partial charge in [-0.15, -0.1) is 0 Å². The van der Waals surface area contributed by atoms with Gasteiger partial charge in [0.2, 0.25) is 5.78 Å². The van der Waals surface area contributed by atoms with E-state index in [1.807, 2.05) is 13.0 Å². The first-order valence-corrected chi connectivity index (χ1v) is 4.70. The van der Waals surface area contributed by atoms with Gasteiger partial charge < -0.3 is 9.15 Å². The van der Waals surface area contributed by atoms with Gasteiger partial charge in [0, 0.05) is 0 Å². The van der Waals surface area contributed by atoms with Gasteiger partial charge >= 0.3 is 0 Å². The monoisotopic (exact) mass is 192 g/mol. The third-order valence-corrected chi connectivity index (χ3v) is 2.15. The fourth-order valence-electron chi connectivity index (χ4n) is 1.42. The van der Waals surface area contributed by atoms with Crippen molar-refractivity contribution < 1.29 is 13.9 Å². The van der Waals surface area contributed by atoms with E-state index in [-0.39, 0.29) is 5.78 Å². The predicted octanol–water partition coefficient (Wildman–Crippen LogP) is 2.47. The second-order valence-electron chi connectivity index (χ2n) is 3.33. The van der Waals surface area contributed by atoms with Crippen LogP contribution in [-0.4, -0.2) is 12.4 Å². The first kappa shape index (κ1) is 9.06. The van der Waals surface area contributed by atoms with Crippen molar-refractivity contribution in [3.8, 4) is 0 Å². The maximum Gasteiger partial charge on any atom is 0.230 e. The van der Waals surface area contributed by atoms with Crippen LogP contribution in [0.1, 0.15) is 29.0 Å². The summed E-state index contributed by atoms with van der Waals surface area (Å²) in [6.45, 7) is 2.45. The van der Waals surface area contributed by atoms with Crippen LogP contribution in [0.2, 0.25) is 0 Å². The number of hydrogen-bond acceptors (Lipinski definition) is 3. The lowest BCUT2D eigenvalue weighted by molar-refractivity contribution is 0.0898. The summed E-state index contributed by atoms with van der Waals surface area (Å²) in [5.41, 5.74) is 0.565. The predicted molar refractivity (Wildman–Crippen MR) is 51.0 cm³/mol. The average Bonchev–Trinajstić information content (AvgIpc) is 2.65. The number of ketones is 1. The first-order valence-electron chi connectivity index (χ1n) is 4.70. The Labute approximate surface area is 82.4 Å². The van der Waals surface area contributed by atoms with E-state index in [9.17, 15) is 4.79 Å². The lowest BCUT2D eigenvalue weighted by Crippen LogP contribution is -2.10. The number of ether oxygens (including phenoxy) is 1. The Hall–Kier alpha value is -1.51. The molecule has 0 N–H and O–H groups in total. The topological polar surface area (TPSA) is 39.4 Å². The van der Waals surface area contributed by atoms with Crippen molar-refractivity contribution in [1.29, 1.82) is 0 Å². The zero-order valence-corrected chi connectivity index (χ0v) is 8.08. The van der Waals surface area contributed by atoms with E-state index < -0.39 is 0 Å². The molecule has 0 bridgehead atoms. The van der Waals surface area contributed by atoms with Gasteiger partial charge in [-0.1, -0.05) is 0 Å². The van der Waals surface area contributed by atoms with Crippen LogP contribution >= 0.6 is 0 Å². The Morgan fingerprint density at radius 2 is 2.36 bits per heavy atom. The zero-order valence-electron chi connectivity index (χ0n) is 8.08. The molecule has 2 rings (SSSR count). The van der Waals surface area contributed by atoms with Crippen molar-refractivity contribution >= 4 is 5.78 Å². The molecule has 1 aliphatic rings. The highest BCUT2D eigenvalue weighted by Crippen LogP contribution is 2.17. The number of Topliss-reactive ketones (excluding diaryl/α,β-unsaturated/α-hetero) is 1. The van der Waals surface area contributed by atoms with Crippen molar-refractivity contribution in [3.05, 3.63) is 35.5 Å². The molecule has 2 heterocycles. The molecule has 0 spiro atoms. The second-order valence-corrected chi connectivity index (χ2v) is 3.33. The third kappa shape index (κ3) is 1.71. The van der Waals surface area contributed by atoms with E-state index >= 15 is 0 Å². The molecular weight excluding hydrogens is 180 g/mol. The standard InChI is InChI=1S/C11H12O3/c1-8-6-9(7-14-8)11(12)10-4-2-3-5-13-10/h4,6-7H,2-3,5H2,1H3. The number of allylic oxidation sites excluding steroid dienone is 2. The van der Waals surface area contributed by atoms with Gasteiger partial charge in [-0.3, -0.25) is 4.79 Å². The number of carbonyl (C=O) groups excluding carboxylic acids is 1. The largest absolute Gasteiger partial charge is 0.490 e. The molecule has 0 atom stereocenters. The van der Waals surface area contributed by atoms with Crippen molar-refractivity contribution in [2.24, 2.45) is 0 Å². The number of carbonyl (C=O) groups is 1. The molecule has 0 radical (unpaired) electrons. The molecule has 1 aromatic rings. The van der Waals surface area contributed by atoms with Crippen molar-refractivity contribution in [1.82, 2.24) is 0 Å². The van der Waals surface area contributed by atoms with Crippen LogP contribution in [0.4, 0.5) is 0 Å². The van der Waals surface area contributed by atoms with Crippen LogP contribution in [0.3, 0.4) is 0 Å². The molecule has 1 aliphatic heterocycles. The Morgan fingerprint density at radius 1 is 1.50 bits per heavy atom. The highest BCUT2D eigenvalue weighted by atomic mass is 16.5. The molecule has 1 aromatic heterocycles. The molecule has 3 nitrogen and oxygen atoms in total. The van der Waals surface area contributed by atoms with Gasteiger partial charge in [0.25, 0.3) is 0 Å². The molecule has 0 unspecified atom stereocenters. The number of aryl methyl sites for hydroxylation is 1. The normalized spacial score (nSPS) is 15.9. The zero-order chi connectivity index (χ0) is 9.97. The maximum absolute atomic E-state index is 11.8. The molecule has 0 aliphatic carbocycles. The van der Waals surface area contributed by atoms with Crippen LogP contribution in [0, 0.1) is 6.92 Å². The fourth-order valence-corrected chi connectivity index (χ4v) is 1.42. The van der Waals surface area contributed by atoms with Crippen LogP contribution in [-0.2, 0) is 4.74 Å². The Morgan fingerprint density at radius 3 is 2.93 bits per heavy atom. The van der Waals surface area contributed by atoms with E-state index in [0.29, 0.717) is 17.9 Å². The summed E-state index contributed by atoms with van der Waals surface area (Å²) in [5.74, 6) is 1.11. The fraction of sp³-hybridized carbons (Fsp3) is 0.364. The Kier molecular flexibility index (Phi) is 2.39. The Bertz CT molecular complexity index is 374. The minimum atomic E-state index is -0.0819. The maximum atomic E-state index is 11.8. The molecule has 0 aromatic carbocycles. The second kappa shape index (κ2) is 3.70. The highest BCUT2D eigenvalue weighted by molar-refractivity contribution is 6.07. The van der Waals surface area contributed by atoms with E-state index in [1.165, 1.54) is 6.26 Å². The number of rotatable bonds is 2. The minimum absolute atomic E-state index is 0.0819. The van der Waals surface area contributed by atoms with Gasteiger partial charge in [-0.2, -0.15) is 0 Å². The van der Waals surface area contributed by atoms with Gasteiger partial charge in [-0.05, 0) is 31.9 Å². The van der Waals surface area contributed by atoms with Crippen LogP contribution in [0.5, 0.6) is 0 Å². The van der Waals surface area contributed by atoms with Crippen LogP contribution in [0.25, 0.3) is 0 Å². The molecule has 0 amide bonds. The highest BCUT2D eigenvalue weighted by Gasteiger charge is 2.17.